The smallest absolute Gasteiger partial charge is 0.550 e. The van der Waals surface area contributed by atoms with Gasteiger partial charge in [-0.25, -0.2) is 5.43 Å². The molecule has 0 aliphatic rings. The number of nitrogens with zero attached hydrogens (tertiary/aromatic N) is 2. The average molecular weight is 487 g/mol. The van der Waals surface area contributed by atoms with Crippen LogP contribution in [-0.4, -0.2) is 34.2 Å². The van der Waals surface area contributed by atoms with Crippen molar-refractivity contribution in [3.8, 4) is 5.75 Å². The largest absolute Gasteiger partial charge is 2.00 e. The first kappa shape index (κ1) is 28.5. The molecule has 1 aromatic heterocycles. The van der Waals surface area contributed by atoms with Gasteiger partial charge in [0.05, 0.1) is 11.2 Å². The number of aromatic hydroxyl groups is 1. The van der Waals surface area contributed by atoms with Crippen LogP contribution in [0.4, 0.5) is 0 Å². The van der Waals surface area contributed by atoms with E-state index in [9.17, 15) is 9.90 Å². The number of aliphatic carboxylic acids is 2. The molecule has 1 aromatic carbocycles. The molecule has 2 N–H and O–H groups in total. The van der Waals surface area contributed by atoms with Crippen molar-refractivity contribution in [1.82, 2.24) is 10.4 Å². The maximum absolute atomic E-state index is 11.7. The molecule has 0 saturated carbocycles. The Kier molecular flexibility index (Phi) is 15.0. The summed E-state index contributed by atoms with van der Waals surface area (Å²) >= 11 is 11.6. The number of hydrogen-bond acceptors (Lipinski definition) is 8. The fraction of sp³-hybridized carbons (Fsp3) is 0.118. The summed E-state index contributed by atoms with van der Waals surface area (Å²) in [6.07, 6.45) is 4.26. The average Bonchev–Trinajstić information content (AvgIpc) is 2.58. The van der Waals surface area contributed by atoms with E-state index in [1.54, 1.807) is 12.1 Å². The number of amides is 1. The number of aromatic nitrogens is 1. The van der Waals surface area contributed by atoms with E-state index in [4.69, 9.17) is 43.0 Å². The van der Waals surface area contributed by atoms with Crippen LogP contribution in [0.25, 0.3) is 0 Å². The zero-order valence-electron chi connectivity index (χ0n) is 15.0. The Balaban J connectivity index is 0. The predicted octanol–water partition coefficient (Wildman–Crippen LogP) is 0.368. The molecule has 0 atom stereocenters. The Morgan fingerprint density at radius 2 is 1.59 bits per heavy atom. The molecule has 9 nitrogen and oxygen atoms in total. The molecule has 0 bridgehead atoms. The Bertz CT molecular complexity index is 831. The van der Waals surface area contributed by atoms with Crippen molar-refractivity contribution in [3.63, 3.8) is 0 Å². The van der Waals surface area contributed by atoms with Gasteiger partial charge < -0.3 is 24.9 Å². The summed E-state index contributed by atoms with van der Waals surface area (Å²) in [5.41, 5.74) is 3.04. The first-order valence-corrected chi connectivity index (χ1v) is 8.06. The molecule has 12 heteroatoms. The Labute approximate surface area is 186 Å². The number of carboxylic acid groups (broad SMARTS) is 2. The van der Waals surface area contributed by atoms with Gasteiger partial charge in [-0.2, -0.15) is 5.10 Å². The molecule has 0 aliphatic heterocycles. The topological polar surface area (TPSA) is 155 Å². The van der Waals surface area contributed by atoms with Gasteiger partial charge in [-0.1, -0.05) is 23.2 Å². The van der Waals surface area contributed by atoms with E-state index in [0.717, 1.165) is 13.8 Å². The minimum Gasteiger partial charge on any atom is -0.550 e. The number of carbonyl (C=O) groups excluding carboxylic acids is 3. The zero-order chi connectivity index (χ0) is 21.7. The molecule has 0 unspecified atom stereocenters. The number of phenols is 1. The van der Waals surface area contributed by atoms with Gasteiger partial charge in [-0.15, -0.1) is 0 Å². The van der Waals surface area contributed by atoms with Gasteiger partial charge in [0.2, 0.25) is 0 Å². The van der Waals surface area contributed by atoms with Gasteiger partial charge in [0.25, 0.3) is 5.91 Å². The van der Waals surface area contributed by atoms with Gasteiger partial charge in [-0.3, -0.25) is 9.78 Å². The summed E-state index contributed by atoms with van der Waals surface area (Å²) in [5.74, 6) is -2.71. The van der Waals surface area contributed by atoms with Gasteiger partial charge in [0.1, 0.15) is 5.75 Å². The van der Waals surface area contributed by atoms with E-state index in [-0.39, 0.29) is 27.6 Å². The van der Waals surface area contributed by atoms with Gasteiger partial charge in [0.15, 0.2) is 0 Å². The summed E-state index contributed by atoms with van der Waals surface area (Å²) in [6, 6.07) is 5.99. The molecule has 29 heavy (non-hydrogen) atoms. The summed E-state index contributed by atoms with van der Waals surface area (Å²) < 4.78 is 0. The van der Waals surface area contributed by atoms with Gasteiger partial charge in [-0.05, 0) is 38.1 Å². The molecule has 0 saturated heterocycles. The van der Waals surface area contributed by atoms with Crippen LogP contribution in [0.3, 0.4) is 0 Å². The van der Waals surface area contributed by atoms with E-state index in [2.05, 4.69) is 15.5 Å². The third-order valence-corrected chi connectivity index (χ3v) is 2.88. The second kappa shape index (κ2) is 15.3. The van der Waals surface area contributed by atoms with Gasteiger partial charge in [0, 0.05) is 40.5 Å². The SMILES string of the molecule is CC(=O)[O-].CC(=O)[O-].O=C(NN=Cc1cc(Cl)cc(Cl)c1O)c1ccncc1.[Co+2]. The molecule has 0 aliphatic carbocycles. The van der Waals surface area contributed by atoms with E-state index < -0.39 is 17.8 Å². The van der Waals surface area contributed by atoms with E-state index >= 15 is 0 Å². The fourth-order valence-corrected chi connectivity index (χ4v) is 1.92. The van der Waals surface area contributed by atoms with Crippen LogP contribution in [0.5, 0.6) is 5.75 Å². The van der Waals surface area contributed by atoms with Gasteiger partial charge >= 0.3 is 16.8 Å². The van der Waals surface area contributed by atoms with Crippen molar-refractivity contribution in [2.45, 2.75) is 13.8 Å². The van der Waals surface area contributed by atoms with Crippen LogP contribution in [-0.2, 0) is 26.4 Å². The Morgan fingerprint density at radius 1 is 1.10 bits per heavy atom. The van der Waals surface area contributed by atoms with E-state index in [0.29, 0.717) is 16.1 Å². The number of phenolic OH excluding ortho intramolecular Hbond substituents is 1. The monoisotopic (exact) mass is 486 g/mol. The number of hydrazone groups is 1. The molecule has 1 heterocycles. The van der Waals surface area contributed by atoms with Crippen molar-refractivity contribution in [3.05, 3.63) is 57.8 Å². The third kappa shape index (κ3) is 14.1. The number of carbonyl (C=O) groups is 3. The van der Waals surface area contributed by atoms with Crippen LogP contribution in [0.15, 0.2) is 41.8 Å². The molecular weight excluding hydrogens is 472 g/mol. The Morgan fingerprint density at radius 3 is 2.07 bits per heavy atom. The molecule has 2 aromatic rings. The second-order valence-electron chi connectivity index (χ2n) is 4.74. The van der Waals surface area contributed by atoms with Crippen molar-refractivity contribution in [2.24, 2.45) is 5.10 Å². The minimum absolute atomic E-state index is 0. The maximum atomic E-state index is 11.7. The molecule has 157 valence electrons. The molecule has 0 spiro atoms. The molecule has 2 rings (SSSR count). The number of rotatable bonds is 3. The summed E-state index contributed by atoms with van der Waals surface area (Å²) in [5, 5.41) is 31.7. The molecule has 0 fully saturated rings. The normalized spacial score (nSPS) is 9.10. The fourth-order valence-electron chi connectivity index (χ4n) is 1.41. The summed E-state index contributed by atoms with van der Waals surface area (Å²) in [6.45, 7) is 1.94. The first-order chi connectivity index (χ1) is 13.0. The van der Waals surface area contributed by atoms with Crippen molar-refractivity contribution >= 4 is 47.3 Å². The Hall–Kier alpha value is -2.66. The number of nitrogens with one attached hydrogen (secondary N) is 1. The van der Waals surface area contributed by atoms with Crippen LogP contribution < -0.4 is 15.6 Å². The minimum atomic E-state index is -1.08. The van der Waals surface area contributed by atoms with Crippen LogP contribution in [0.1, 0.15) is 29.8 Å². The first-order valence-electron chi connectivity index (χ1n) is 7.31. The third-order valence-electron chi connectivity index (χ3n) is 2.37. The van der Waals surface area contributed by atoms with Crippen LogP contribution in [0.2, 0.25) is 10.0 Å². The molecular formula is C17H15Cl2CoN3O6. The number of carboxylic acids is 2. The van der Waals surface area contributed by atoms with Crippen LogP contribution >= 0.6 is 23.2 Å². The van der Waals surface area contributed by atoms with Crippen LogP contribution in [0, 0.1) is 0 Å². The quantitative estimate of drug-likeness (QED) is 0.468. The molecule has 1 radical (unpaired) electrons. The number of benzene rings is 1. The molecule has 1 amide bonds. The second-order valence-corrected chi connectivity index (χ2v) is 5.59. The van der Waals surface area contributed by atoms with Crippen molar-refractivity contribution < 1.29 is 46.5 Å². The summed E-state index contributed by atoms with van der Waals surface area (Å²) in [7, 11) is 0. The summed E-state index contributed by atoms with van der Waals surface area (Å²) in [4.78, 5) is 33.3. The number of halogens is 2. The maximum Gasteiger partial charge on any atom is 2.00 e. The number of hydrogen-bond donors (Lipinski definition) is 2. The van der Waals surface area contributed by atoms with Crippen molar-refractivity contribution in [1.29, 1.82) is 0 Å². The predicted molar refractivity (Wildman–Crippen MR) is 98.8 cm³/mol. The van der Waals surface area contributed by atoms with Crippen molar-refractivity contribution in [2.75, 3.05) is 0 Å². The number of pyridine rings is 1. The van der Waals surface area contributed by atoms with E-state index in [1.807, 2.05) is 0 Å². The standard InChI is InChI=1S/C13H9Cl2N3O2.2C2H4O2.Co/c14-10-5-9(12(19)11(15)6-10)7-17-18-13(20)8-1-3-16-4-2-8;2*1-2(3)4;/h1-7,19H,(H,18,20);2*1H3,(H,3,4);/q;;;+2/p-2. The zero-order valence-corrected chi connectivity index (χ0v) is 17.6. The van der Waals surface area contributed by atoms with E-state index in [1.165, 1.54) is 30.7 Å².